The number of benzene rings is 4. The van der Waals surface area contributed by atoms with Crippen molar-refractivity contribution in [3.05, 3.63) is 126 Å². The quantitative estimate of drug-likeness (QED) is 0.296. The minimum Gasteiger partial charge on any atom is -0.465 e. The summed E-state index contributed by atoms with van der Waals surface area (Å²) in [7, 11) is 1.31. The van der Waals surface area contributed by atoms with E-state index >= 15 is 0 Å². The lowest BCUT2D eigenvalue weighted by Gasteiger charge is -2.11. The summed E-state index contributed by atoms with van der Waals surface area (Å²) in [5, 5.41) is 7.68. The minimum absolute atomic E-state index is 0.294. The normalized spacial score (nSPS) is 10.6. The van der Waals surface area contributed by atoms with Crippen LogP contribution in [-0.4, -0.2) is 28.8 Å². The molecule has 0 bridgehead atoms. The van der Waals surface area contributed by atoms with E-state index in [2.05, 4.69) is 11.4 Å². The summed E-state index contributed by atoms with van der Waals surface area (Å²) in [5.74, 6) is -0.839. The first-order chi connectivity index (χ1) is 17.6. The summed E-state index contributed by atoms with van der Waals surface area (Å²) in [6, 6.07) is 36.1. The molecule has 176 valence electrons. The standard InChI is InChI=1S/C30H23N3O3/c1-36-30(35)25-14-8-9-15-26(25)31-29(34)23-16-18-24(19-17-23)33-28(22-12-6-3-7-13-22)20-27(32-33)21-10-4-2-5-11-21/h2-20H,1H3,(H,31,34). The molecule has 1 aromatic heterocycles. The number of anilines is 1. The number of methoxy groups -OCH3 is 1. The molecule has 6 nitrogen and oxygen atoms in total. The number of ether oxygens (including phenoxy) is 1. The highest BCUT2D eigenvalue weighted by atomic mass is 16.5. The lowest BCUT2D eigenvalue weighted by atomic mass is 10.1. The number of nitrogens with zero attached hydrogens (tertiary/aromatic N) is 2. The van der Waals surface area contributed by atoms with Gasteiger partial charge in [0.2, 0.25) is 0 Å². The van der Waals surface area contributed by atoms with Crippen LogP contribution in [0.2, 0.25) is 0 Å². The number of para-hydroxylation sites is 1. The maximum absolute atomic E-state index is 12.9. The van der Waals surface area contributed by atoms with Crippen LogP contribution in [0.3, 0.4) is 0 Å². The van der Waals surface area contributed by atoms with Gasteiger partial charge in [0.25, 0.3) is 5.91 Å². The third-order valence-corrected chi connectivity index (χ3v) is 5.80. The van der Waals surface area contributed by atoms with E-state index in [1.807, 2.05) is 77.5 Å². The fraction of sp³-hybridized carbons (Fsp3) is 0.0333. The molecule has 0 aliphatic rings. The van der Waals surface area contributed by atoms with Gasteiger partial charge < -0.3 is 10.1 Å². The van der Waals surface area contributed by atoms with Crippen LogP contribution >= 0.6 is 0 Å². The molecule has 4 aromatic carbocycles. The highest BCUT2D eigenvalue weighted by Crippen LogP contribution is 2.29. The largest absolute Gasteiger partial charge is 0.465 e. The van der Waals surface area contributed by atoms with Gasteiger partial charge in [-0.05, 0) is 42.5 Å². The molecule has 0 saturated heterocycles. The lowest BCUT2D eigenvalue weighted by Crippen LogP contribution is -2.15. The first-order valence-corrected chi connectivity index (χ1v) is 11.4. The first kappa shape index (κ1) is 22.8. The second kappa shape index (κ2) is 10.1. The fourth-order valence-electron chi connectivity index (χ4n) is 3.97. The Balaban J connectivity index is 1.46. The average Bonchev–Trinajstić information content (AvgIpc) is 3.40. The molecule has 0 aliphatic heterocycles. The van der Waals surface area contributed by atoms with E-state index in [9.17, 15) is 9.59 Å². The van der Waals surface area contributed by atoms with Crippen molar-refractivity contribution < 1.29 is 14.3 Å². The Hall–Kier alpha value is -4.97. The molecule has 0 atom stereocenters. The smallest absolute Gasteiger partial charge is 0.339 e. The van der Waals surface area contributed by atoms with Gasteiger partial charge in [0.1, 0.15) is 0 Å². The Morgan fingerprint density at radius 3 is 2.03 bits per heavy atom. The van der Waals surface area contributed by atoms with Crippen molar-refractivity contribution in [3.63, 3.8) is 0 Å². The topological polar surface area (TPSA) is 73.2 Å². The second-order valence-electron chi connectivity index (χ2n) is 8.10. The van der Waals surface area contributed by atoms with Gasteiger partial charge in [-0.15, -0.1) is 0 Å². The number of aromatic nitrogens is 2. The molecule has 0 radical (unpaired) electrons. The summed E-state index contributed by atoms with van der Waals surface area (Å²) in [4.78, 5) is 24.9. The summed E-state index contributed by atoms with van der Waals surface area (Å²) in [6.45, 7) is 0. The van der Waals surface area contributed by atoms with Crippen molar-refractivity contribution in [1.82, 2.24) is 9.78 Å². The number of rotatable bonds is 6. The molecule has 1 N–H and O–H groups in total. The number of hydrogen-bond donors (Lipinski definition) is 1. The molecular formula is C30H23N3O3. The first-order valence-electron chi connectivity index (χ1n) is 11.4. The molecular weight excluding hydrogens is 450 g/mol. The van der Waals surface area contributed by atoms with E-state index in [0.717, 1.165) is 28.2 Å². The maximum Gasteiger partial charge on any atom is 0.339 e. The van der Waals surface area contributed by atoms with Crippen LogP contribution in [0, 0.1) is 0 Å². The van der Waals surface area contributed by atoms with Crippen molar-refractivity contribution in [2.24, 2.45) is 0 Å². The van der Waals surface area contributed by atoms with E-state index in [1.54, 1.807) is 36.4 Å². The van der Waals surface area contributed by atoms with Crippen LogP contribution < -0.4 is 5.32 Å². The number of nitrogens with one attached hydrogen (secondary N) is 1. The molecule has 0 unspecified atom stereocenters. The second-order valence-corrected chi connectivity index (χ2v) is 8.10. The Bertz CT molecular complexity index is 1510. The van der Waals surface area contributed by atoms with Crippen LogP contribution in [0.5, 0.6) is 0 Å². The molecule has 5 aromatic rings. The van der Waals surface area contributed by atoms with E-state index in [4.69, 9.17) is 9.84 Å². The fourth-order valence-corrected chi connectivity index (χ4v) is 3.97. The predicted octanol–water partition coefficient (Wildman–Crippen LogP) is 6.25. The SMILES string of the molecule is COC(=O)c1ccccc1NC(=O)c1ccc(-n2nc(-c3ccccc3)cc2-c2ccccc2)cc1. The Kier molecular flexibility index (Phi) is 6.40. The zero-order chi connectivity index (χ0) is 24.9. The molecule has 0 spiro atoms. The summed E-state index contributed by atoms with van der Waals surface area (Å²) >= 11 is 0. The molecule has 5 rings (SSSR count). The molecule has 6 heteroatoms. The summed E-state index contributed by atoms with van der Waals surface area (Å²) < 4.78 is 6.69. The van der Waals surface area contributed by atoms with E-state index < -0.39 is 5.97 Å². The van der Waals surface area contributed by atoms with Gasteiger partial charge in [-0.1, -0.05) is 72.8 Å². The molecule has 1 amide bonds. The van der Waals surface area contributed by atoms with Crippen molar-refractivity contribution in [1.29, 1.82) is 0 Å². The summed E-state index contributed by atoms with van der Waals surface area (Å²) in [5.41, 5.74) is 5.82. The van der Waals surface area contributed by atoms with Crippen molar-refractivity contribution in [3.8, 4) is 28.2 Å². The minimum atomic E-state index is -0.511. The van der Waals surface area contributed by atoms with Crippen molar-refractivity contribution in [2.45, 2.75) is 0 Å². The maximum atomic E-state index is 12.9. The van der Waals surface area contributed by atoms with Crippen LogP contribution in [0.1, 0.15) is 20.7 Å². The molecule has 1 heterocycles. The highest BCUT2D eigenvalue weighted by Gasteiger charge is 2.16. The van der Waals surface area contributed by atoms with Gasteiger partial charge in [-0.3, -0.25) is 4.79 Å². The molecule has 0 saturated carbocycles. The molecule has 0 fully saturated rings. The zero-order valence-electron chi connectivity index (χ0n) is 19.6. The van der Waals surface area contributed by atoms with Crippen molar-refractivity contribution in [2.75, 3.05) is 12.4 Å². The van der Waals surface area contributed by atoms with Crippen LogP contribution in [0.4, 0.5) is 5.69 Å². The number of amides is 1. The molecule has 0 aliphatic carbocycles. The Labute approximate surface area is 208 Å². The number of carbonyl (C=O) groups is 2. The van der Waals surface area contributed by atoms with Gasteiger partial charge in [0.15, 0.2) is 0 Å². The lowest BCUT2D eigenvalue weighted by molar-refractivity contribution is 0.0602. The van der Waals surface area contributed by atoms with Crippen LogP contribution in [-0.2, 0) is 4.74 Å². The van der Waals surface area contributed by atoms with Gasteiger partial charge in [-0.25, -0.2) is 9.48 Å². The Morgan fingerprint density at radius 2 is 1.36 bits per heavy atom. The number of esters is 1. The van der Waals surface area contributed by atoms with Crippen molar-refractivity contribution >= 4 is 17.6 Å². The summed E-state index contributed by atoms with van der Waals surface area (Å²) in [6.07, 6.45) is 0. The van der Waals surface area contributed by atoms with Gasteiger partial charge >= 0.3 is 5.97 Å². The van der Waals surface area contributed by atoms with Crippen LogP contribution in [0.25, 0.3) is 28.2 Å². The highest BCUT2D eigenvalue weighted by molar-refractivity contribution is 6.08. The van der Waals surface area contributed by atoms with Gasteiger partial charge in [-0.2, -0.15) is 5.10 Å². The zero-order valence-corrected chi connectivity index (χ0v) is 19.6. The van der Waals surface area contributed by atoms with Gasteiger partial charge in [0, 0.05) is 16.7 Å². The van der Waals surface area contributed by atoms with Gasteiger partial charge in [0.05, 0.1) is 35.4 Å². The predicted molar refractivity (Wildman–Crippen MR) is 140 cm³/mol. The van der Waals surface area contributed by atoms with E-state index in [1.165, 1.54) is 7.11 Å². The molecule has 36 heavy (non-hydrogen) atoms. The van der Waals surface area contributed by atoms with E-state index in [-0.39, 0.29) is 5.91 Å². The Morgan fingerprint density at radius 1 is 0.750 bits per heavy atom. The van der Waals surface area contributed by atoms with E-state index in [0.29, 0.717) is 16.8 Å². The number of carbonyl (C=O) groups excluding carboxylic acids is 2. The number of hydrogen-bond acceptors (Lipinski definition) is 4. The third-order valence-electron chi connectivity index (χ3n) is 5.80. The average molecular weight is 474 g/mol. The van der Waals surface area contributed by atoms with Crippen LogP contribution in [0.15, 0.2) is 115 Å². The monoisotopic (exact) mass is 473 g/mol. The third kappa shape index (κ3) is 4.65.